The molecule has 0 aliphatic carbocycles. The van der Waals surface area contributed by atoms with Gasteiger partial charge in [-0.1, -0.05) is 0 Å². The van der Waals surface area contributed by atoms with Crippen molar-refractivity contribution in [2.75, 3.05) is 12.3 Å². The molecule has 1 aliphatic heterocycles. The van der Waals surface area contributed by atoms with Gasteiger partial charge in [-0.3, -0.25) is 4.57 Å². The van der Waals surface area contributed by atoms with Gasteiger partial charge < -0.3 is 15.2 Å². The molecule has 0 bridgehead atoms. The average molecular weight is 263 g/mol. The van der Waals surface area contributed by atoms with E-state index in [1.165, 1.54) is 0 Å². The second-order valence-electron chi connectivity index (χ2n) is 5.86. The van der Waals surface area contributed by atoms with Crippen LogP contribution in [0.25, 0.3) is 0 Å². The van der Waals surface area contributed by atoms with Crippen LogP contribution >= 0.6 is 0 Å². The first-order valence-corrected chi connectivity index (χ1v) is 6.60. The molecule has 0 saturated carbocycles. The predicted molar refractivity (Wildman–Crippen MR) is 72.9 cm³/mol. The van der Waals surface area contributed by atoms with Crippen molar-refractivity contribution < 1.29 is 9.47 Å². The smallest absolute Gasteiger partial charge is 0.219 e. The van der Waals surface area contributed by atoms with E-state index in [1.807, 2.05) is 25.3 Å². The summed E-state index contributed by atoms with van der Waals surface area (Å²) in [5, 5.41) is 9.21. The van der Waals surface area contributed by atoms with Crippen LogP contribution in [0.3, 0.4) is 0 Å². The summed E-state index contributed by atoms with van der Waals surface area (Å²) >= 11 is 0. The van der Waals surface area contributed by atoms with Gasteiger partial charge in [0.15, 0.2) is 0 Å². The molecule has 5 nitrogen and oxygen atoms in total. The molecule has 2 N–H and O–H groups in total. The Labute approximate surface area is 113 Å². The number of nitriles is 1. The topological polar surface area (TPSA) is 73.2 Å². The standard InChI is InChI=1S/C14H21N3O2/c1-14(2,3)19-13-12(16)7-10(8-15)17(13)9-11-5-4-6-18-11/h7,11H,4-6,9,16H2,1-3H3. The first-order valence-electron chi connectivity index (χ1n) is 6.60. The SMILES string of the molecule is CC(C)(C)Oc1c(N)cc(C#N)n1CC1CCCO1. The Morgan fingerprint density at radius 1 is 1.58 bits per heavy atom. The maximum Gasteiger partial charge on any atom is 0.219 e. The average Bonchev–Trinajstić information content (AvgIpc) is 2.90. The zero-order chi connectivity index (χ0) is 14.0. The maximum absolute atomic E-state index is 9.21. The van der Waals surface area contributed by atoms with Crippen molar-refractivity contribution in [1.82, 2.24) is 4.57 Å². The van der Waals surface area contributed by atoms with Crippen LogP contribution in [0.1, 0.15) is 39.3 Å². The molecule has 19 heavy (non-hydrogen) atoms. The molecule has 2 rings (SSSR count). The first-order chi connectivity index (χ1) is 8.90. The van der Waals surface area contributed by atoms with Gasteiger partial charge in [0.1, 0.15) is 17.4 Å². The fourth-order valence-electron chi connectivity index (χ4n) is 2.22. The molecule has 2 heterocycles. The molecule has 1 atom stereocenters. The third kappa shape index (κ3) is 3.21. The van der Waals surface area contributed by atoms with Crippen LogP contribution in [0.5, 0.6) is 5.88 Å². The summed E-state index contributed by atoms with van der Waals surface area (Å²) in [6.07, 6.45) is 2.22. The van der Waals surface area contributed by atoms with Gasteiger partial charge in [-0.15, -0.1) is 0 Å². The number of anilines is 1. The van der Waals surface area contributed by atoms with Crippen LogP contribution in [-0.4, -0.2) is 22.9 Å². The first kappa shape index (κ1) is 13.8. The molecule has 104 valence electrons. The molecule has 1 saturated heterocycles. The normalized spacial score (nSPS) is 19.4. The summed E-state index contributed by atoms with van der Waals surface area (Å²) in [6, 6.07) is 3.83. The molecular formula is C14H21N3O2. The molecule has 1 aromatic heterocycles. The van der Waals surface area contributed by atoms with Crippen LogP contribution in [-0.2, 0) is 11.3 Å². The van der Waals surface area contributed by atoms with Gasteiger partial charge in [-0.2, -0.15) is 5.26 Å². The van der Waals surface area contributed by atoms with Crippen molar-refractivity contribution in [2.45, 2.75) is 51.9 Å². The number of hydrogen-bond donors (Lipinski definition) is 1. The zero-order valence-corrected chi connectivity index (χ0v) is 11.8. The molecule has 0 spiro atoms. The van der Waals surface area contributed by atoms with Gasteiger partial charge in [0, 0.05) is 12.7 Å². The molecular weight excluding hydrogens is 242 g/mol. The highest BCUT2D eigenvalue weighted by atomic mass is 16.5. The second-order valence-corrected chi connectivity index (χ2v) is 5.86. The largest absolute Gasteiger partial charge is 0.472 e. The molecule has 1 aromatic rings. The van der Waals surface area contributed by atoms with Crippen molar-refractivity contribution in [3.8, 4) is 11.9 Å². The highest BCUT2D eigenvalue weighted by Crippen LogP contribution is 2.31. The fraction of sp³-hybridized carbons (Fsp3) is 0.643. The monoisotopic (exact) mass is 263 g/mol. The van der Waals surface area contributed by atoms with Crippen molar-refractivity contribution in [3.05, 3.63) is 11.8 Å². The molecule has 1 fully saturated rings. The summed E-state index contributed by atoms with van der Waals surface area (Å²) < 4.78 is 13.3. The third-order valence-corrected chi connectivity index (χ3v) is 3.00. The van der Waals surface area contributed by atoms with Gasteiger partial charge >= 0.3 is 0 Å². The summed E-state index contributed by atoms with van der Waals surface area (Å²) in [5.41, 5.74) is 6.63. The molecule has 0 aromatic carbocycles. The predicted octanol–water partition coefficient (Wildman–Crippen LogP) is 2.30. The third-order valence-electron chi connectivity index (χ3n) is 3.00. The van der Waals surface area contributed by atoms with Crippen molar-refractivity contribution in [3.63, 3.8) is 0 Å². The minimum Gasteiger partial charge on any atom is -0.472 e. The summed E-state index contributed by atoms with van der Waals surface area (Å²) in [6.45, 7) is 7.29. The van der Waals surface area contributed by atoms with E-state index in [2.05, 4.69) is 6.07 Å². The van der Waals surface area contributed by atoms with Gasteiger partial charge in [0.05, 0.1) is 18.3 Å². The van der Waals surface area contributed by atoms with Crippen molar-refractivity contribution >= 4 is 5.69 Å². The Hall–Kier alpha value is -1.67. The Balaban J connectivity index is 2.30. The zero-order valence-electron chi connectivity index (χ0n) is 11.8. The lowest BCUT2D eigenvalue weighted by atomic mass is 10.2. The lowest BCUT2D eigenvalue weighted by molar-refractivity contribution is 0.0829. The molecule has 0 radical (unpaired) electrons. The molecule has 1 unspecified atom stereocenters. The highest BCUT2D eigenvalue weighted by molar-refractivity contribution is 5.55. The highest BCUT2D eigenvalue weighted by Gasteiger charge is 2.24. The number of nitrogens with zero attached hydrogens (tertiary/aromatic N) is 2. The van der Waals surface area contributed by atoms with Crippen LogP contribution in [0, 0.1) is 11.3 Å². The quantitative estimate of drug-likeness (QED) is 0.908. The number of nitrogens with two attached hydrogens (primary N) is 1. The number of hydrogen-bond acceptors (Lipinski definition) is 4. The van der Waals surface area contributed by atoms with E-state index in [4.69, 9.17) is 15.2 Å². The summed E-state index contributed by atoms with van der Waals surface area (Å²) in [4.78, 5) is 0. The fourth-order valence-corrected chi connectivity index (χ4v) is 2.22. The minimum atomic E-state index is -0.354. The lowest BCUT2D eigenvalue weighted by Crippen LogP contribution is -2.26. The van der Waals surface area contributed by atoms with Gasteiger partial charge in [0.2, 0.25) is 5.88 Å². The van der Waals surface area contributed by atoms with Crippen LogP contribution in [0.2, 0.25) is 0 Å². The lowest BCUT2D eigenvalue weighted by Gasteiger charge is -2.24. The van der Waals surface area contributed by atoms with Crippen molar-refractivity contribution in [1.29, 1.82) is 5.26 Å². The number of ether oxygens (including phenoxy) is 2. The van der Waals surface area contributed by atoms with E-state index >= 15 is 0 Å². The Morgan fingerprint density at radius 3 is 2.84 bits per heavy atom. The van der Waals surface area contributed by atoms with Crippen LogP contribution in [0.4, 0.5) is 5.69 Å². The minimum absolute atomic E-state index is 0.140. The van der Waals surface area contributed by atoms with E-state index in [-0.39, 0.29) is 11.7 Å². The van der Waals surface area contributed by atoms with E-state index in [0.29, 0.717) is 23.8 Å². The Morgan fingerprint density at radius 2 is 2.32 bits per heavy atom. The van der Waals surface area contributed by atoms with Gasteiger partial charge in [-0.05, 0) is 33.6 Å². The number of rotatable bonds is 3. The summed E-state index contributed by atoms with van der Waals surface area (Å²) in [7, 11) is 0. The molecule has 5 heteroatoms. The van der Waals surface area contributed by atoms with E-state index in [9.17, 15) is 5.26 Å². The van der Waals surface area contributed by atoms with Gasteiger partial charge in [0.25, 0.3) is 0 Å². The van der Waals surface area contributed by atoms with Crippen LogP contribution < -0.4 is 10.5 Å². The maximum atomic E-state index is 9.21. The number of aromatic nitrogens is 1. The second kappa shape index (κ2) is 5.14. The van der Waals surface area contributed by atoms with E-state index < -0.39 is 0 Å². The molecule has 0 amide bonds. The summed E-state index contributed by atoms with van der Waals surface area (Å²) in [5.74, 6) is 0.569. The Bertz CT molecular complexity index is 488. The van der Waals surface area contributed by atoms with Crippen LogP contribution in [0.15, 0.2) is 6.07 Å². The molecule has 1 aliphatic rings. The van der Waals surface area contributed by atoms with Crippen molar-refractivity contribution in [2.24, 2.45) is 0 Å². The van der Waals surface area contributed by atoms with E-state index in [1.54, 1.807) is 6.07 Å². The van der Waals surface area contributed by atoms with E-state index in [0.717, 1.165) is 19.4 Å². The van der Waals surface area contributed by atoms with Gasteiger partial charge in [-0.25, -0.2) is 0 Å². The number of nitrogen functional groups attached to an aromatic ring is 1. The Kier molecular flexibility index (Phi) is 3.72.